The number of benzene rings is 1. The summed E-state index contributed by atoms with van der Waals surface area (Å²) in [6.45, 7) is 4.74. The van der Waals surface area contributed by atoms with Crippen molar-refractivity contribution in [2.24, 2.45) is 0 Å². The van der Waals surface area contributed by atoms with E-state index < -0.39 is 5.79 Å². The predicted octanol–water partition coefficient (Wildman–Crippen LogP) is 2.26. The topological polar surface area (TPSA) is 47.6 Å². The van der Waals surface area contributed by atoms with Crippen molar-refractivity contribution in [2.45, 2.75) is 32.2 Å². The second kappa shape index (κ2) is 6.03. The van der Waals surface area contributed by atoms with Gasteiger partial charge in [0.1, 0.15) is 6.10 Å². The standard InChI is InChI=1S/C14H18BrNO3/c1-14(2)18-9-12(19-14)8-16-13(17)7-10-4-3-5-11(15)6-10/h3-6,12H,7-9H2,1-2H3,(H,16,17). The van der Waals surface area contributed by atoms with Crippen LogP contribution in [-0.2, 0) is 20.7 Å². The molecule has 1 fully saturated rings. The second-order valence-corrected chi connectivity index (χ2v) is 5.98. The molecule has 0 bridgehead atoms. The van der Waals surface area contributed by atoms with Gasteiger partial charge in [-0.2, -0.15) is 0 Å². The van der Waals surface area contributed by atoms with Gasteiger partial charge in [0.2, 0.25) is 5.91 Å². The fourth-order valence-electron chi connectivity index (χ4n) is 1.99. The molecule has 19 heavy (non-hydrogen) atoms. The maximum atomic E-state index is 11.8. The van der Waals surface area contributed by atoms with E-state index >= 15 is 0 Å². The molecule has 0 aromatic heterocycles. The van der Waals surface area contributed by atoms with Gasteiger partial charge < -0.3 is 14.8 Å². The lowest BCUT2D eigenvalue weighted by molar-refractivity contribution is -0.139. The number of rotatable bonds is 4. The van der Waals surface area contributed by atoms with Crippen LogP contribution in [0.1, 0.15) is 19.4 Å². The van der Waals surface area contributed by atoms with E-state index in [2.05, 4.69) is 21.2 Å². The molecule has 2 rings (SSSR count). The summed E-state index contributed by atoms with van der Waals surface area (Å²) in [6, 6.07) is 7.73. The maximum absolute atomic E-state index is 11.8. The number of carbonyl (C=O) groups excluding carboxylic acids is 1. The van der Waals surface area contributed by atoms with Crippen LogP contribution < -0.4 is 5.32 Å². The second-order valence-electron chi connectivity index (χ2n) is 5.06. The van der Waals surface area contributed by atoms with Crippen molar-refractivity contribution in [3.05, 3.63) is 34.3 Å². The molecule has 1 aliphatic rings. The first kappa shape index (κ1) is 14.5. The Bertz CT molecular complexity index is 462. The van der Waals surface area contributed by atoms with Crippen LogP contribution in [0.5, 0.6) is 0 Å². The average Bonchev–Trinajstić information content (AvgIpc) is 2.66. The zero-order chi connectivity index (χ0) is 13.9. The summed E-state index contributed by atoms with van der Waals surface area (Å²) in [5.41, 5.74) is 0.982. The largest absolute Gasteiger partial charge is 0.353 e. The molecule has 1 unspecified atom stereocenters. The van der Waals surface area contributed by atoms with Crippen LogP contribution in [0.25, 0.3) is 0 Å². The summed E-state index contributed by atoms with van der Waals surface area (Å²) >= 11 is 3.39. The minimum atomic E-state index is -0.542. The van der Waals surface area contributed by atoms with E-state index in [0.29, 0.717) is 19.6 Å². The highest BCUT2D eigenvalue weighted by atomic mass is 79.9. The van der Waals surface area contributed by atoms with Gasteiger partial charge in [0.15, 0.2) is 5.79 Å². The number of carbonyl (C=O) groups is 1. The van der Waals surface area contributed by atoms with Gasteiger partial charge in [0, 0.05) is 11.0 Å². The van der Waals surface area contributed by atoms with Crippen molar-refractivity contribution >= 4 is 21.8 Å². The third kappa shape index (κ3) is 4.60. The number of hydrogen-bond acceptors (Lipinski definition) is 3. The summed E-state index contributed by atoms with van der Waals surface area (Å²) in [5.74, 6) is -0.550. The molecule has 0 aliphatic carbocycles. The number of nitrogens with one attached hydrogen (secondary N) is 1. The van der Waals surface area contributed by atoms with Crippen LogP contribution in [0.4, 0.5) is 0 Å². The van der Waals surface area contributed by atoms with Crippen LogP contribution in [0.3, 0.4) is 0 Å². The first-order valence-corrected chi connectivity index (χ1v) is 7.07. The van der Waals surface area contributed by atoms with Gasteiger partial charge >= 0.3 is 0 Å². The monoisotopic (exact) mass is 327 g/mol. The molecule has 0 spiro atoms. The summed E-state index contributed by atoms with van der Waals surface area (Å²) < 4.78 is 12.0. The smallest absolute Gasteiger partial charge is 0.224 e. The van der Waals surface area contributed by atoms with Gasteiger partial charge in [0.05, 0.1) is 13.0 Å². The quantitative estimate of drug-likeness (QED) is 0.922. The first-order valence-electron chi connectivity index (χ1n) is 6.27. The van der Waals surface area contributed by atoms with Gasteiger partial charge in [-0.15, -0.1) is 0 Å². The van der Waals surface area contributed by atoms with Gasteiger partial charge in [-0.3, -0.25) is 4.79 Å². The summed E-state index contributed by atoms with van der Waals surface area (Å²) in [6.07, 6.45) is 0.303. The van der Waals surface area contributed by atoms with Crippen LogP contribution in [0, 0.1) is 0 Å². The Labute approximate surface area is 121 Å². The van der Waals surface area contributed by atoms with Gasteiger partial charge in [0.25, 0.3) is 0 Å². The number of amides is 1. The van der Waals surface area contributed by atoms with E-state index in [4.69, 9.17) is 9.47 Å². The Morgan fingerprint density at radius 1 is 1.53 bits per heavy atom. The minimum absolute atomic E-state index is 0.00796. The van der Waals surface area contributed by atoms with E-state index in [-0.39, 0.29) is 12.0 Å². The Morgan fingerprint density at radius 2 is 2.32 bits per heavy atom. The van der Waals surface area contributed by atoms with Gasteiger partial charge in [-0.25, -0.2) is 0 Å². The van der Waals surface area contributed by atoms with Crippen LogP contribution >= 0.6 is 15.9 Å². The molecular formula is C14H18BrNO3. The van der Waals surface area contributed by atoms with Crippen molar-refractivity contribution < 1.29 is 14.3 Å². The molecule has 4 nitrogen and oxygen atoms in total. The van der Waals surface area contributed by atoms with E-state index in [1.54, 1.807) is 0 Å². The lowest BCUT2D eigenvalue weighted by Gasteiger charge is -2.17. The number of hydrogen-bond donors (Lipinski definition) is 1. The summed E-state index contributed by atoms with van der Waals surface area (Å²) in [5, 5.41) is 2.87. The van der Waals surface area contributed by atoms with E-state index in [9.17, 15) is 4.79 Å². The summed E-state index contributed by atoms with van der Waals surface area (Å²) in [4.78, 5) is 11.8. The lowest BCUT2D eigenvalue weighted by Crippen LogP contribution is -2.35. The SMILES string of the molecule is CC1(C)OCC(CNC(=O)Cc2cccc(Br)c2)O1. The van der Waals surface area contributed by atoms with Gasteiger partial charge in [-0.05, 0) is 31.5 Å². The molecule has 0 radical (unpaired) electrons. The average molecular weight is 328 g/mol. The molecule has 5 heteroatoms. The first-order chi connectivity index (χ1) is 8.94. The van der Waals surface area contributed by atoms with E-state index in [0.717, 1.165) is 10.0 Å². The summed E-state index contributed by atoms with van der Waals surface area (Å²) in [7, 11) is 0. The van der Waals surface area contributed by atoms with Crippen LogP contribution in [0.15, 0.2) is 28.7 Å². The van der Waals surface area contributed by atoms with Crippen molar-refractivity contribution in [1.82, 2.24) is 5.32 Å². The highest BCUT2D eigenvalue weighted by Gasteiger charge is 2.32. The molecule has 104 valence electrons. The fraction of sp³-hybridized carbons (Fsp3) is 0.500. The molecule has 0 saturated carbocycles. The zero-order valence-electron chi connectivity index (χ0n) is 11.1. The molecule has 1 atom stereocenters. The Kier molecular flexibility index (Phi) is 4.60. The third-order valence-electron chi connectivity index (χ3n) is 2.85. The molecule has 1 heterocycles. The molecule has 1 amide bonds. The van der Waals surface area contributed by atoms with Crippen molar-refractivity contribution in [2.75, 3.05) is 13.2 Å². The predicted molar refractivity (Wildman–Crippen MR) is 75.8 cm³/mol. The Balaban J connectivity index is 1.76. The maximum Gasteiger partial charge on any atom is 0.224 e. The van der Waals surface area contributed by atoms with Crippen molar-refractivity contribution in [1.29, 1.82) is 0 Å². The van der Waals surface area contributed by atoms with Crippen molar-refractivity contribution in [3.8, 4) is 0 Å². The lowest BCUT2D eigenvalue weighted by atomic mass is 10.1. The molecule has 1 aliphatic heterocycles. The minimum Gasteiger partial charge on any atom is -0.353 e. The molecule has 1 aromatic carbocycles. The fourth-order valence-corrected chi connectivity index (χ4v) is 2.43. The Hall–Kier alpha value is -0.910. The van der Waals surface area contributed by atoms with E-state index in [1.807, 2.05) is 38.1 Å². The third-order valence-corrected chi connectivity index (χ3v) is 3.34. The van der Waals surface area contributed by atoms with Gasteiger partial charge in [-0.1, -0.05) is 28.1 Å². The molecule has 1 N–H and O–H groups in total. The zero-order valence-corrected chi connectivity index (χ0v) is 12.7. The molecule has 1 aromatic rings. The van der Waals surface area contributed by atoms with Crippen LogP contribution in [-0.4, -0.2) is 30.9 Å². The van der Waals surface area contributed by atoms with Crippen LogP contribution in [0.2, 0.25) is 0 Å². The van der Waals surface area contributed by atoms with Crippen molar-refractivity contribution in [3.63, 3.8) is 0 Å². The number of halogens is 1. The Morgan fingerprint density at radius 3 is 2.95 bits per heavy atom. The highest BCUT2D eigenvalue weighted by Crippen LogP contribution is 2.21. The highest BCUT2D eigenvalue weighted by molar-refractivity contribution is 9.10. The molecule has 1 saturated heterocycles. The normalized spacial score (nSPS) is 21.3. The van der Waals surface area contributed by atoms with E-state index in [1.165, 1.54) is 0 Å². The molecular weight excluding hydrogens is 310 g/mol. The number of ether oxygens (including phenoxy) is 2.